The van der Waals surface area contributed by atoms with Crippen molar-refractivity contribution in [3.63, 3.8) is 0 Å². The fourth-order valence-corrected chi connectivity index (χ4v) is 5.44. The van der Waals surface area contributed by atoms with Gasteiger partial charge in [-0.15, -0.1) is 0 Å². The minimum Gasteiger partial charge on any atom is -0.0619 e. The summed E-state index contributed by atoms with van der Waals surface area (Å²) in [6.07, 6.45) is 1.01. The first-order valence-electron chi connectivity index (χ1n) is 10.9. The average molecular weight is 393 g/mol. The predicted octanol–water partition coefficient (Wildman–Crippen LogP) is 8.38. The van der Waals surface area contributed by atoms with Crippen LogP contribution in [0, 0.1) is 0 Å². The van der Waals surface area contributed by atoms with Gasteiger partial charge in [-0.3, -0.25) is 0 Å². The van der Waals surface area contributed by atoms with E-state index in [1.165, 1.54) is 65.7 Å². The molecule has 0 unspecified atom stereocenters. The van der Waals surface area contributed by atoms with Crippen LogP contribution in [0.25, 0.3) is 54.6 Å². The van der Waals surface area contributed by atoms with Crippen molar-refractivity contribution in [3.05, 3.63) is 120 Å². The van der Waals surface area contributed by atoms with Gasteiger partial charge >= 0.3 is 0 Å². The van der Waals surface area contributed by atoms with Crippen molar-refractivity contribution >= 4 is 32.3 Å². The van der Waals surface area contributed by atoms with Gasteiger partial charge in [-0.1, -0.05) is 103 Å². The highest BCUT2D eigenvalue weighted by Gasteiger charge is 2.21. The van der Waals surface area contributed by atoms with E-state index in [1.807, 2.05) is 0 Å². The Morgan fingerprint density at radius 3 is 2.19 bits per heavy atom. The van der Waals surface area contributed by atoms with E-state index in [4.69, 9.17) is 0 Å². The van der Waals surface area contributed by atoms with Crippen LogP contribution < -0.4 is 0 Å². The Hall–Kier alpha value is -3.90. The Balaban J connectivity index is 1.50. The minimum atomic E-state index is 1.01. The van der Waals surface area contributed by atoms with Crippen LogP contribution in [-0.4, -0.2) is 0 Å². The third-order valence-corrected chi connectivity index (χ3v) is 6.88. The lowest BCUT2D eigenvalue weighted by Crippen LogP contribution is -1.89. The van der Waals surface area contributed by atoms with Crippen LogP contribution in [0.3, 0.4) is 0 Å². The van der Waals surface area contributed by atoms with Crippen molar-refractivity contribution < 1.29 is 0 Å². The van der Waals surface area contributed by atoms with E-state index in [-0.39, 0.29) is 0 Å². The molecule has 0 atom stereocenters. The van der Waals surface area contributed by atoms with E-state index in [2.05, 4.69) is 109 Å². The first-order valence-corrected chi connectivity index (χ1v) is 10.9. The van der Waals surface area contributed by atoms with Crippen molar-refractivity contribution in [3.8, 4) is 22.3 Å². The maximum atomic E-state index is 2.36. The summed E-state index contributed by atoms with van der Waals surface area (Å²) in [6.45, 7) is 0. The Kier molecular flexibility index (Phi) is 3.42. The van der Waals surface area contributed by atoms with Crippen molar-refractivity contribution in [2.24, 2.45) is 0 Å². The van der Waals surface area contributed by atoms with Gasteiger partial charge in [0, 0.05) is 0 Å². The molecule has 0 bridgehead atoms. The zero-order valence-corrected chi connectivity index (χ0v) is 17.1. The van der Waals surface area contributed by atoms with Crippen molar-refractivity contribution in [1.29, 1.82) is 0 Å². The van der Waals surface area contributed by atoms with Gasteiger partial charge in [-0.2, -0.15) is 0 Å². The molecule has 6 aromatic rings. The number of hydrogen-bond donors (Lipinski definition) is 0. The zero-order valence-electron chi connectivity index (χ0n) is 17.1. The molecule has 7 rings (SSSR count). The molecule has 0 amide bonds. The molecule has 0 nitrogen and oxygen atoms in total. The van der Waals surface area contributed by atoms with E-state index in [9.17, 15) is 0 Å². The molecule has 1 aliphatic carbocycles. The largest absolute Gasteiger partial charge is 0.0619 e. The topological polar surface area (TPSA) is 0 Å². The molecule has 6 aromatic carbocycles. The van der Waals surface area contributed by atoms with Gasteiger partial charge in [-0.25, -0.2) is 0 Å². The van der Waals surface area contributed by atoms with Gasteiger partial charge in [0.15, 0.2) is 0 Å². The SMILES string of the molecule is c1ccc2c(c1)Cc1c-2ccc2cccc(-c3ccc4c(ccc5ccccc54)c3)c12. The van der Waals surface area contributed by atoms with Crippen LogP contribution in [0.15, 0.2) is 109 Å². The molecule has 144 valence electrons. The predicted molar refractivity (Wildman–Crippen MR) is 133 cm³/mol. The van der Waals surface area contributed by atoms with Crippen LogP contribution >= 0.6 is 0 Å². The van der Waals surface area contributed by atoms with Crippen molar-refractivity contribution in [2.75, 3.05) is 0 Å². The zero-order chi connectivity index (χ0) is 20.4. The average Bonchev–Trinajstić information content (AvgIpc) is 3.22. The summed E-state index contributed by atoms with van der Waals surface area (Å²) in [5.74, 6) is 0. The molecule has 0 heterocycles. The van der Waals surface area contributed by atoms with Gasteiger partial charge in [-0.05, 0) is 78.2 Å². The molecular weight excluding hydrogens is 372 g/mol. The van der Waals surface area contributed by atoms with Crippen molar-refractivity contribution in [1.82, 2.24) is 0 Å². The Bertz CT molecular complexity index is 1650. The molecule has 0 aliphatic heterocycles. The quantitative estimate of drug-likeness (QED) is 0.246. The van der Waals surface area contributed by atoms with Gasteiger partial charge < -0.3 is 0 Å². The number of fused-ring (bicyclic) bond motifs is 8. The first-order chi connectivity index (χ1) is 15.4. The van der Waals surface area contributed by atoms with E-state index < -0.39 is 0 Å². The second-order valence-electron chi connectivity index (χ2n) is 8.55. The number of benzene rings is 6. The van der Waals surface area contributed by atoms with Gasteiger partial charge in [0.05, 0.1) is 0 Å². The summed E-state index contributed by atoms with van der Waals surface area (Å²) < 4.78 is 0. The molecule has 0 fully saturated rings. The van der Waals surface area contributed by atoms with E-state index in [0.29, 0.717) is 0 Å². The van der Waals surface area contributed by atoms with Crippen LogP contribution in [-0.2, 0) is 6.42 Å². The molecule has 0 spiro atoms. The molecule has 0 N–H and O–H groups in total. The maximum absolute atomic E-state index is 2.36. The second kappa shape index (κ2) is 6.30. The lowest BCUT2D eigenvalue weighted by atomic mass is 9.90. The lowest BCUT2D eigenvalue weighted by molar-refractivity contribution is 1.28. The van der Waals surface area contributed by atoms with Crippen LogP contribution in [0.1, 0.15) is 11.1 Å². The lowest BCUT2D eigenvalue weighted by Gasteiger charge is -2.13. The summed E-state index contributed by atoms with van der Waals surface area (Å²) in [6, 6.07) is 40.2. The second-order valence-corrected chi connectivity index (χ2v) is 8.55. The Morgan fingerprint density at radius 2 is 1.19 bits per heavy atom. The van der Waals surface area contributed by atoms with E-state index >= 15 is 0 Å². The highest BCUT2D eigenvalue weighted by atomic mass is 14.2. The molecule has 0 heteroatoms. The molecule has 0 saturated carbocycles. The smallest absolute Gasteiger partial charge is 0.000706 e. The van der Waals surface area contributed by atoms with E-state index in [1.54, 1.807) is 0 Å². The first kappa shape index (κ1) is 16.8. The Morgan fingerprint density at radius 1 is 0.452 bits per heavy atom. The standard InChI is InChI=1S/C31H20/c1-3-9-25-20(6-1)12-13-23-18-24(15-16-27(23)25)28-11-5-8-21-14-17-29-26-10-4-2-7-22(26)19-30(29)31(21)28/h1-18H,19H2. The number of hydrogen-bond acceptors (Lipinski definition) is 0. The fraction of sp³-hybridized carbons (Fsp3) is 0.0323. The number of rotatable bonds is 1. The molecule has 31 heavy (non-hydrogen) atoms. The summed E-state index contributed by atoms with van der Waals surface area (Å²) in [5, 5.41) is 7.95. The van der Waals surface area contributed by atoms with Crippen LogP contribution in [0.2, 0.25) is 0 Å². The Labute approximate surface area is 181 Å². The molecule has 0 saturated heterocycles. The van der Waals surface area contributed by atoms with Crippen LogP contribution in [0.5, 0.6) is 0 Å². The summed E-state index contributed by atoms with van der Waals surface area (Å²) in [4.78, 5) is 0. The molecule has 0 aromatic heterocycles. The molecular formula is C31H20. The molecule has 1 aliphatic rings. The van der Waals surface area contributed by atoms with E-state index in [0.717, 1.165) is 6.42 Å². The maximum Gasteiger partial charge on any atom is -0.000706 e. The highest BCUT2D eigenvalue weighted by molar-refractivity contribution is 6.10. The highest BCUT2D eigenvalue weighted by Crippen LogP contribution is 2.43. The minimum absolute atomic E-state index is 1.01. The summed E-state index contributed by atoms with van der Waals surface area (Å²) >= 11 is 0. The van der Waals surface area contributed by atoms with Gasteiger partial charge in [0.1, 0.15) is 0 Å². The fourth-order valence-electron chi connectivity index (χ4n) is 5.44. The molecule has 0 radical (unpaired) electrons. The third-order valence-electron chi connectivity index (χ3n) is 6.88. The monoisotopic (exact) mass is 392 g/mol. The van der Waals surface area contributed by atoms with Gasteiger partial charge in [0.2, 0.25) is 0 Å². The van der Waals surface area contributed by atoms with Gasteiger partial charge in [0.25, 0.3) is 0 Å². The van der Waals surface area contributed by atoms with Crippen LogP contribution in [0.4, 0.5) is 0 Å². The summed E-state index contributed by atoms with van der Waals surface area (Å²) in [7, 11) is 0. The van der Waals surface area contributed by atoms with Crippen molar-refractivity contribution in [2.45, 2.75) is 6.42 Å². The third kappa shape index (κ3) is 2.42. The summed E-state index contributed by atoms with van der Waals surface area (Å²) in [5.41, 5.74) is 8.30. The normalized spacial score (nSPS) is 12.4.